The molecule has 0 saturated carbocycles. The van der Waals surface area contributed by atoms with Crippen LogP contribution in [0, 0.1) is 0 Å². The Labute approximate surface area is 187 Å². The van der Waals surface area contributed by atoms with E-state index in [1.54, 1.807) is 24.5 Å². The summed E-state index contributed by atoms with van der Waals surface area (Å²) in [6.45, 7) is 3.14. The van der Waals surface area contributed by atoms with Gasteiger partial charge >= 0.3 is 0 Å². The van der Waals surface area contributed by atoms with Gasteiger partial charge in [0.15, 0.2) is 5.11 Å². The monoisotopic (exact) mass is 437 g/mol. The number of hydrogen-bond donors (Lipinski definition) is 4. The molecule has 31 heavy (non-hydrogen) atoms. The first-order valence-corrected chi connectivity index (χ1v) is 10.6. The molecule has 1 aromatic heterocycles. The maximum absolute atomic E-state index is 12.4. The molecule has 0 aliphatic carbocycles. The van der Waals surface area contributed by atoms with Crippen molar-refractivity contribution in [2.45, 2.75) is 25.8 Å². The van der Waals surface area contributed by atoms with Gasteiger partial charge in [-0.3, -0.25) is 20.6 Å². The third-order valence-electron chi connectivity index (χ3n) is 4.67. The van der Waals surface area contributed by atoms with Crippen LogP contribution in [0.15, 0.2) is 60.9 Å². The number of hydrazine groups is 1. The van der Waals surface area contributed by atoms with Crippen molar-refractivity contribution in [1.82, 2.24) is 21.2 Å². The number of rotatable bonds is 8. The second kappa shape index (κ2) is 11.2. The average molecular weight is 438 g/mol. The highest BCUT2D eigenvalue weighted by Crippen LogP contribution is 2.15. The molecule has 7 nitrogen and oxygen atoms in total. The summed E-state index contributed by atoms with van der Waals surface area (Å²) in [6, 6.07) is 15.1. The molecule has 1 heterocycles. The molecule has 0 saturated heterocycles. The van der Waals surface area contributed by atoms with Crippen LogP contribution in [0.2, 0.25) is 0 Å². The molecule has 0 bridgehead atoms. The van der Waals surface area contributed by atoms with Crippen molar-refractivity contribution in [3.05, 3.63) is 72.1 Å². The van der Waals surface area contributed by atoms with Gasteiger partial charge in [0.05, 0.1) is 6.61 Å². The number of amides is 1. The second-order valence-electron chi connectivity index (χ2n) is 7.12. The fraction of sp³-hybridized carbons (Fsp3) is 0.261. The molecule has 0 radical (unpaired) electrons. The zero-order valence-electron chi connectivity index (χ0n) is 17.4. The fourth-order valence-corrected chi connectivity index (χ4v) is 3.31. The molecule has 2 aromatic carbocycles. The first kappa shape index (κ1) is 22.5. The van der Waals surface area contributed by atoms with Crippen molar-refractivity contribution in [3.63, 3.8) is 0 Å². The van der Waals surface area contributed by atoms with Gasteiger partial charge in [-0.25, -0.2) is 0 Å². The van der Waals surface area contributed by atoms with E-state index in [1.807, 2.05) is 36.4 Å². The molecule has 0 fully saturated rings. The quantitative estimate of drug-likeness (QED) is 0.317. The van der Waals surface area contributed by atoms with Crippen LogP contribution >= 0.6 is 12.2 Å². The van der Waals surface area contributed by atoms with Crippen LogP contribution in [0.4, 0.5) is 0 Å². The maximum Gasteiger partial charge on any atom is 0.269 e. The van der Waals surface area contributed by atoms with Gasteiger partial charge < -0.3 is 15.8 Å². The van der Waals surface area contributed by atoms with Crippen molar-refractivity contribution < 1.29 is 9.53 Å². The van der Waals surface area contributed by atoms with E-state index < -0.39 is 0 Å². The third kappa shape index (κ3) is 6.63. The smallest absolute Gasteiger partial charge is 0.269 e. The number of hydrogen-bond acceptors (Lipinski definition) is 5. The number of nitrogens with two attached hydrogens (primary N) is 1. The maximum atomic E-state index is 12.4. The molecule has 5 N–H and O–H groups in total. The lowest BCUT2D eigenvalue weighted by molar-refractivity contribution is 0.0943. The molecule has 0 aliphatic heterocycles. The van der Waals surface area contributed by atoms with Gasteiger partial charge in [-0.1, -0.05) is 25.1 Å². The highest BCUT2D eigenvalue weighted by Gasteiger charge is 2.12. The van der Waals surface area contributed by atoms with Crippen LogP contribution in [0.1, 0.15) is 29.3 Å². The Balaban J connectivity index is 1.51. The molecule has 0 spiro atoms. The van der Waals surface area contributed by atoms with Gasteiger partial charge in [-0.2, -0.15) is 0 Å². The van der Waals surface area contributed by atoms with Crippen molar-refractivity contribution in [3.8, 4) is 5.75 Å². The largest absolute Gasteiger partial charge is 0.494 e. The number of thiocarbonyl (C=S) groups is 1. The van der Waals surface area contributed by atoms with E-state index in [0.29, 0.717) is 30.2 Å². The zero-order chi connectivity index (χ0) is 22.1. The Morgan fingerprint density at radius 1 is 1.16 bits per heavy atom. The van der Waals surface area contributed by atoms with E-state index in [0.717, 1.165) is 28.5 Å². The molecule has 1 amide bonds. The zero-order valence-corrected chi connectivity index (χ0v) is 18.2. The van der Waals surface area contributed by atoms with Crippen LogP contribution in [-0.4, -0.2) is 35.2 Å². The summed E-state index contributed by atoms with van der Waals surface area (Å²) < 4.78 is 5.69. The van der Waals surface area contributed by atoms with E-state index in [9.17, 15) is 4.79 Å². The summed E-state index contributed by atoms with van der Waals surface area (Å²) in [6.07, 6.45) is 5.08. The molecular weight excluding hydrogens is 410 g/mol. The summed E-state index contributed by atoms with van der Waals surface area (Å²) in [7, 11) is 0. The standard InChI is InChI=1S/C23H27N5O2S/c1-2-10-30-21-5-3-4-16(12-21)11-20(14-24)26-23(31)28-27-22(29)18-6-7-19-15-25-9-8-17(19)13-18/h3-9,12-13,15,20H,2,10-11,14,24H2,1H3,(H,27,29)(H2,26,28,31). The molecule has 3 aromatic rings. The van der Waals surface area contributed by atoms with E-state index >= 15 is 0 Å². The number of carbonyl (C=O) groups excluding carboxylic acids is 1. The normalized spacial score (nSPS) is 11.5. The summed E-state index contributed by atoms with van der Waals surface area (Å²) in [5.41, 5.74) is 12.9. The summed E-state index contributed by atoms with van der Waals surface area (Å²) in [5, 5.41) is 5.36. The fourth-order valence-electron chi connectivity index (χ4n) is 3.09. The van der Waals surface area contributed by atoms with Gasteiger partial charge in [0.2, 0.25) is 0 Å². The number of benzene rings is 2. The van der Waals surface area contributed by atoms with Crippen LogP contribution in [-0.2, 0) is 6.42 Å². The first-order chi connectivity index (χ1) is 15.1. The summed E-state index contributed by atoms with van der Waals surface area (Å²) in [5.74, 6) is 0.558. The Morgan fingerprint density at radius 3 is 2.84 bits per heavy atom. The predicted molar refractivity (Wildman–Crippen MR) is 127 cm³/mol. The Kier molecular flexibility index (Phi) is 8.14. The lowest BCUT2D eigenvalue weighted by Crippen LogP contribution is -2.52. The number of fused-ring (bicyclic) bond motifs is 1. The van der Waals surface area contributed by atoms with Crippen molar-refractivity contribution in [2.75, 3.05) is 13.2 Å². The molecular formula is C23H27N5O2S. The number of ether oxygens (including phenoxy) is 1. The van der Waals surface area contributed by atoms with Crippen molar-refractivity contribution in [1.29, 1.82) is 0 Å². The van der Waals surface area contributed by atoms with Gasteiger partial charge in [0.1, 0.15) is 5.75 Å². The van der Waals surface area contributed by atoms with Crippen molar-refractivity contribution >= 4 is 34.0 Å². The van der Waals surface area contributed by atoms with Gasteiger partial charge in [-0.15, -0.1) is 0 Å². The summed E-state index contributed by atoms with van der Waals surface area (Å²) in [4.78, 5) is 16.5. The summed E-state index contributed by atoms with van der Waals surface area (Å²) >= 11 is 5.32. The number of aromatic nitrogens is 1. The topological polar surface area (TPSA) is 101 Å². The van der Waals surface area contributed by atoms with E-state index in [2.05, 4.69) is 28.1 Å². The number of carbonyl (C=O) groups is 1. The van der Waals surface area contributed by atoms with Crippen LogP contribution in [0.3, 0.4) is 0 Å². The Hall–Kier alpha value is -3.23. The van der Waals surface area contributed by atoms with E-state index in [4.69, 9.17) is 22.7 Å². The minimum absolute atomic E-state index is 0.0912. The van der Waals surface area contributed by atoms with Gasteiger partial charge in [-0.05, 0) is 66.3 Å². The van der Waals surface area contributed by atoms with E-state index in [1.165, 1.54) is 0 Å². The molecule has 0 aliphatic rings. The van der Waals surface area contributed by atoms with Crippen LogP contribution in [0.5, 0.6) is 5.75 Å². The second-order valence-corrected chi connectivity index (χ2v) is 7.53. The molecule has 8 heteroatoms. The average Bonchev–Trinajstić information content (AvgIpc) is 2.80. The highest BCUT2D eigenvalue weighted by atomic mass is 32.1. The highest BCUT2D eigenvalue weighted by molar-refractivity contribution is 7.80. The third-order valence-corrected chi connectivity index (χ3v) is 4.89. The van der Waals surface area contributed by atoms with Gasteiger partial charge in [0.25, 0.3) is 5.91 Å². The van der Waals surface area contributed by atoms with Crippen LogP contribution in [0.25, 0.3) is 10.8 Å². The number of nitrogens with one attached hydrogen (secondary N) is 3. The van der Waals surface area contributed by atoms with Crippen molar-refractivity contribution in [2.24, 2.45) is 5.73 Å². The molecule has 3 rings (SSSR count). The van der Waals surface area contributed by atoms with E-state index in [-0.39, 0.29) is 11.9 Å². The SMILES string of the molecule is CCCOc1cccc(CC(CN)NC(=S)NNC(=O)c2ccc3cnccc3c2)c1. The molecule has 1 atom stereocenters. The minimum Gasteiger partial charge on any atom is -0.494 e. The Bertz CT molecular complexity index is 1040. The van der Waals surface area contributed by atoms with Crippen LogP contribution < -0.4 is 26.6 Å². The minimum atomic E-state index is -0.284. The van der Waals surface area contributed by atoms with Gasteiger partial charge in [0, 0.05) is 35.9 Å². The first-order valence-electron chi connectivity index (χ1n) is 10.2. The lowest BCUT2D eigenvalue weighted by atomic mass is 10.1. The Morgan fingerprint density at radius 2 is 2.03 bits per heavy atom. The predicted octanol–water partition coefficient (Wildman–Crippen LogP) is 2.70. The number of nitrogens with zero attached hydrogens (tertiary/aromatic N) is 1. The number of pyridine rings is 1. The molecule has 162 valence electrons. The molecule has 1 unspecified atom stereocenters. The lowest BCUT2D eigenvalue weighted by Gasteiger charge is -2.20.